The van der Waals surface area contributed by atoms with E-state index in [1.165, 1.54) is 0 Å². The van der Waals surface area contributed by atoms with E-state index in [-0.39, 0.29) is 65.7 Å². The molecule has 0 fully saturated rings. The molecule has 12 nitrogen and oxygen atoms in total. The van der Waals surface area contributed by atoms with E-state index in [4.69, 9.17) is 39.1 Å². The molecule has 17 heteroatoms. The zero-order valence-electron chi connectivity index (χ0n) is 13.0. The molecule has 23 heavy (non-hydrogen) atoms. The van der Waals surface area contributed by atoms with Crippen LogP contribution in [-0.2, 0) is 18.3 Å². The van der Waals surface area contributed by atoms with Gasteiger partial charge in [0.15, 0.2) is 0 Å². The van der Waals surface area contributed by atoms with Gasteiger partial charge in [0.05, 0.1) is 0 Å². The summed E-state index contributed by atoms with van der Waals surface area (Å²) in [5.41, 5.74) is 0. The number of unbranched alkanes of at least 4 members (excludes halogenated alkanes) is 2. The van der Waals surface area contributed by atoms with Crippen LogP contribution in [0.1, 0.15) is 27.1 Å². The molecule has 0 aromatic rings. The summed E-state index contributed by atoms with van der Waals surface area (Å²) in [6.07, 6.45) is -2.52. The van der Waals surface area contributed by atoms with Gasteiger partial charge in [-0.15, -0.1) is 0 Å². The summed E-state index contributed by atoms with van der Waals surface area (Å²) < 4.78 is 40.8. The first-order valence-corrected chi connectivity index (χ1v) is 12.3. The summed E-state index contributed by atoms with van der Waals surface area (Å²) in [5.74, 6) is 0. The smallest absolute Gasteiger partial charge is 1.00 e. The van der Waals surface area contributed by atoms with Gasteiger partial charge < -0.3 is 40.6 Å². The molecule has 0 unspecified atom stereocenters. The van der Waals surface area contributed by atoms with Gasteiger partial charge in [0, 0.05) is 6.16 Å². The predicted octanol–water partition coefficient (Wildman–Crippen LogP) is -2.97. The van der Waals surface area contributed by atoms with Gasteiger partial charge in [-0.2, -0.15) is 0 Å². The van der Waals surface area contributed by atoms with E-state index < -0.39 is 54.0 Å². The second-order valence-electron chi connectivity index (χ2n) is 4.61. The Morgan fingerprint density at radius 1 is 0.652 bits per heavy atom. The molecule has 0 saturated heterocycles. The molecule has 8 N–H and O–H groups in total. The van der Waals surface area contributed by atoms with Crippen LogP contribution >= 0.6 is 30.4 Å². The molecule has 0 radical (unpaired) electrons. The second-order valence-corrected chi connectivity index (χ2v) is 13.0. The summed E-state index contributed by atoms with van der Waals surface area (Å²) >= 11 is 0. The van der Waals surface area contributed by atoms with Crippen LogP contribution in [0.5, 0.6) is 0 Å². The Hall–Kier alpha value is 2.24. The maximum atomic E-state index is 11.4. The normalized spacial score (nSPS) is 14.4. The van der Waals surface area contributed by atoms with Crippen molar-refractivity contribution in [3.8, 4) is 0 Å². The molecule has 0 aromatic carbocycles. The first-order chi connectivity index (χ1) is 9.46. The quantitative estimate of drug-likeness (QED) is 0.101. The minimum atomic E-state index is -5.91. The molecule has 0 heterocycles. The van der Waals surface area contributed by atoms with Gasteiger partial charge in [-0.25, -0.2) is 0 Å². The molecule has 0 aromatic heterocycles. The topological polar surface area (TPSA) is 230 Å². The SMILES string of the molecule is O=P(O)(O)CCCCCC(P(=O)(O)O)(P(=O)(O)O)P(=O)(O)O.[H-].[K+]. The van der Waals surface area contributed by atoms with Gasteiger partial charge in [-0.05, 0) is 12.8 Å². The van der Waals surface area contributed by atoms with Crippen molar-refractivity contribution in [1.29, 1.82) is 0 Å². The van der Waals surface area contributed by atoms with Crippen molar-refractivity contribution in [2.45, 2.75) is 30.3 Å². The average Bonchev–Trinajstić information content (AvgIpc) is 2.15. The minimum Gasteiger partial charge on any atom is -1.00 e. The Morgan fingerprint density at radius 3 is 1.26 bits per heavy atom. The molecule has 0 bridgehead atoms. The largest absolute Gasteiger partial charge is 1.00 e. The van der Waals surface area contributed by atoms with E-state index in [0.717, 1.165) is 0 Å². The fourth-order valence-electron chi connectivity index (χ4n) is 1.80. The van der Waals surface area contributed by atoms with E-state index in [1.54, 1.807) is 0 Å². The van der Waals surface area contributed by atoms with Crippen LogP contribution in [0, 0.1) is 0 Å². The Morgan fingerprint density at radius 2 is 1.00 bits per heavy atom. The van der Waals surface area contributed by atoms with E-state index in [2.05, 4.69) is 0 Å². The predicted molar refractivity (Wildman–Crippen MR) is 75.4 cm³/mol. The average molecular weight is 446 g/mol. The molecular weight excluding hydrogens is 427 g/mol. The van der Waals surface area contributed by atoms with Gasteiger partial charge >= 0.3 is 81.8 Å². The molecular formula is C6H19KO12P4. The van der Waals surface area contributed by atoms with Crippen molar-refractivity contribution in [3.63, 3.8) is 0 Å². The molecule has 0 aliphatic carbocycles. The van der Waals surface area contributed by atoms with E-state index in [0.29, 0.717) is 0 Å². The van der Waals surface area contributed by atoms with Gasteiger partial charge in [0.1, 0.15) is 0 Å². The monoisotopic (exact) mass is 446 g/mol. The molecule has 0 spiro atoms. The molecule has 136 valence electrons. The van der Waals surface area contributed by atoms with Crippen LogP contribution in [0.4, 0.5) is 0 Å². The fourth-order valence-corrected chi connectivity index (χ4v) is 7.86. The Balaban J connectivity index is -0.00000220. The van der Waals surface area contributed by atoms with Crippen molar-refractivity contribution in [1.82, 2.24) is 0 Å². The third kappa shape index (κ3) is 7.78. The zero-order valence-corrected chi connectivity index (χ0v) is 18.7. The molecule has 0 atom stereocenters. The summed E-state index contributed by atoms with van der Waals surface area (Å²) in [7, 11) is -22.0. The molecule has 0 aliphatic heterocycles. The summed E-state index contributed by atoms with van der Waals surface area (Å²) in [6, 6.07) is 0. The molecule has 0 amide bonds. The van der Waals surface area contributed by atoms with Gasteiger partial charge in [0.2, 0.25) is 0 Å². The van der Waals surface area contributed by atoms with E-state index >= 15 is 0 Å². The van der Waals surface area contributed by atoms with E-state index in [9.17, 15) is 18.3 Å². The maximum Gasteiger partial charge on any atom is 1.00 e. The van der Waals surface area contributed by atoms with Crippen LogP contribution in [-0.4, -0.2) is 49.9 Å². The molecule has 0 rings (SSSR count). The van der Waals surface area contributed by atoms with Gasteiger partial charge in [-0.3, -0.25) is 18.3 Å². The maximum absolute atomic E-state index is 11.4. The third-order valence-electron chi connectivity index (χ3n) is 2.86. The minimum absolute atomic E-state index is 0. The van der Waals surface area contributed by atoms with Crippen LogP contribution in [0.2, 0.25) is 0 Å². The molecule has 0 saturated carbocycles. The first kappa shape index (κ1) is 27.5. The van der Waals surface area contributed by atoms with Crippen LogP contribution in [0.3, 0.4) is 0 Å². The fraction of sp³-hybridized carbons (Fsp3) is 1.00. The van der Waals surface area contributed by atoms with Crippen molar-refractivity contribution >= 4 is 30.4 Å². The van der Waals surface area contributed by atoms with Crippen LogP contribution < -0.4 is 51.4 Å². The molecule has 0 aliphatic rings. The van der Waals surface area contributed by atoms with Crippen molar-refractivity contribution in [3.05, 3.63) is 0 Å². The summed E-state index contributed by atoms with van der Waals surface area (Å²) in [6.45, 7) is 0. The Labute approximate surface area is 175 Å². The van der Waals surface area contributed by atoms with Crippen molar-refractivity contribution < 1.29 is 110 Å². The standard InChI is InChI=1S/C6H18O12P4.K.H/c7-19(8,9)5-3-1-2-4-6(20(10,11)12,21(13,14)15)22(16,17)18;;/h1-5H2,(H2,7,8,9)(H2,10,11,12)(H2,13,14,15)(H2,16,17,18);;/q;+1;-1. The number of hydrogen-bond acceptors (Lipinski definition) is 4. The van der Waals surface area contributed by atoms with Gasteiger partial charge in [-0.1, -0.05) is 12.8 Å². The third-order valence-corrected chi connectivity index (χ3v) is 11.9. The number of hydrogen-bond donors (Lipinski definition) is 8. The Kier molecular flexibility index (Phi) is 11.3. The zero-order chi connectivity index (χ0) is 18.0. The summed E-state index contributed by atoms with van der Waals surface area (Å²) in [4.78, 5) is 71.7. The second kappa shape index (κ2) is 9.44. The first-order valence-electron chi connectivity index (χ1n) is 5.67. The van der Waals surface area contributed by atoms with Crippen molar-refractivity contribution in [2.24, 2.45) is 0 Å². The summed E-state index contributed by atoms with van der Waals surface area (Å²) in [5, 5.41) is 0. The Bertz CT molecular complexity index is 517. The van der Waals surface area contributed by atoms with Crippen LogP contribution in [0.15, 0.2) is 0 Å². The van der Waals surface area contributed by atoms with E-state index in [1.807, 2.05) is 0 Å². The number of rotatable bonds is 9. The van der Waals surface area contributed by atoms with Crippen molar-refractivity contribution in [2.75, 3.05) is 6.16 Å². The van der Waals surface area contributed by atoms with Gasteiger partial charge in [0.25, 0.3) is 4.64 Å². The van der Waals surface area contributed by atoms with Crippen LogP contribution in [0.25, 0.3) is 0 Å².